The molecule has 2 rings (SSSR count). The number of hydrogen-bond donors (Lipinski definition) is 1. The van der Waals surface area contributed by atoms with Gasteiger partial charge in [-0.1, -0.05) is 0 Å². The summed E-state index contributed by atoms with van der Waals surface area (Å²) in [5, 5.41) is 4.10. The van der Waals surface area contributed by atoms with E-state index < -0.39 is 0 Å². The van der Waals surface area contributed by atoms with E-state index in [1.54, 1.807) is 20.1 Å². The van der Waals surface area contributed by atoms with Crippen LogP contribution in [-0.4, -0.2) is 18.7 Å². The molecule has 110 valence electrons. The average Bonchev–Trinajstić information content (AvgIpc) is 2.90. The van der Waals surface area contributed by atoms with Crippen LogP contribution in [0.4, 0.5) is 0 Å². The van der Waals surface area contributed by atoms with Crippen LogP contribution in [0.1, 0.15) is 28.6 Å². The van der Waals surface area contributed by atoms with Crippen molar-refractivity contribution in [1.82, 2.24) is 5.43 Å². The van der Waals surface area contributed by atoms with Crippen LogP contribution >= 0.6 is 15.9 Å². The number of nitrogens with one attached hydrogen (secondary N) is 1. The first kappa shape index (κ1) is 15.3. The molecule has 1 aromatic carbocycles. The number of amides is 1. The molecule has 0 aliphatic rings. The Morgan fingerprint density at radius 1 is 1.38 bits per heavy atom. The fraction of sp³-hybridized carbons (Fsp3) is 0.200. The Bertz CT molecular complexity index is 692. The van der Waals surface area contributed by atoms with E-state index in [1.807, 2.05) is 25.1 Å². The van der Waals surface area contributed by atoms with Crippen molar-refractivity contribution >= 4 is 27.5 Å². The molecule has 21 heavy (non-hydrogen) atoms. The number of carbonyl (C=O) groups excluding carboxylic acids is 1. The molecule has 0 aliphatic carbocycles. The summed E-state index contributed by atoms with van der Waals surface area (Å²) in [4.78, 5) is 11.9. The molecule has 1 heterocycles. The molecule has 0 bridgehead atoms. The summed E-state index contributed by atoms with van der Waals surface area (Å²) in [7, 11) is 1.61. The van der Waals surface area contributed by atoms with Crippen molar-refractivity contribution < 1.29 is 13.9 Å². The number of carbonyl (C=O) groups is 1. The summed E-state index contributed by atoms with van der Waals surface area (Å²) >= 11 is 3.42. The summed E-state index contributed by atoms with van der Waals surface area (Å²) in [6.07, 6.45) is 1.47. The summed E-state index contributed by atoms with van der Waals surface area (Å²) in [6, 6.07) is 7.20. The number of methoxy groups -OCH3 is 1. The lowest BCUT2D eigenvalue weighted by atomic mass is 10.1. The van der Waals surface area contributed by atoms with Gasteiger partial charge in [-0.3, -0.25) is 4.79 Å². The number of hydrazone groups is 1. The summed E-state index contributed by atoms with van der Waals surface area (Å²) in [6.45, 7) is 3.54. The van der Waals surface area contributed by atoms with Gasteiger partial charge in [0.2, 0.25) is 0 Å². The molecule has 0 aliphatic heterocycles. The first-order valence-corrected chi connectivity index (χ1v) is 7.05. The van der Waals surface area contributed by atoms with Crippen molar-refractivity contribution in [1.29, 1.82) is 0 Å². The minimum Gasteiger partial charge on any atom is -0.496 e. The molecule has 1 N–H and O–H groups in total. The van der Waals surface area contributed by atoms with Gasteiger partial charge >= 0.3 is 0 Å². The third kappa shape index (κ3) is 3.52. The van der Waals surface area contributed by atoms with E-state index in [1.165, 1.54) is 6.26 Å². The number of aryl methyl sites for hydroxylation is 1. The maximum atomic E-state index is 11.9. The number of halogens is 1. The normalized spacial score (nSPS) is 11.3. The van der Waals surface area contributed by atoms with E-state index in [2.05, 4.69) is 26.5 Å². The largest absolute Gasteiger partial charge is 0.496 e. The van der Waals surface area contributed by atoms with Gasteiger partial charge in [0.25, 0.3) is 5.91 Å². The summed E-state index contributed by atoms with van der Waals surface area (Å²) in [5.74, 6) is 1.00. The lowest BCUT2D eigenvalue weighted by Crippen LogP contribution is -2.19. The molecule has 0 fully saturated rings. The number of furan rings is 1. The van der Waals surface area contributed by atoms with Gasteiger partial charge in [0.15, 0.2) is 0 Å². The van der Waals surface area contributed by atoms with Gasteiger partial charge in [0.1, 0.15) is 11.5 Å². The molecule has 2 aromatic rings. The Labute approximate surface area is 131 Å². The Kier molecular flexibility index (Phi) is 4.80. The van der Waals surface area contributed by atoms with Gasteiger partial charge in [-0.2, -0.15) is 5.10 Å². The van der Waals surface area contributed by atoms with Crippen molar-refractivity contribution in [2.75, 3.05) is 7.11 Å². The molecular formula is C15H15BrN2O3. The zero-order valence-corrected chi connectivity index (χ0v) is 13.5. The fourth-order valence-corrected chi connectivity index (χ4v) is 2.31. The van der Waals surface area contributed by atoms with Crippen molar-refractivity contribution in [3.05, 3.63) is 51.9 Å². The second kappa shape index (κ2) is 6.58. The Morgan fingerprint density at radius 3 is 2.71 bits per heavy atom. The Hall–Kier alpha value is -2.08. The summed E-state index contributed by atoms with van der Waals surface area (Å²) in [5.41, 5.74) is 4.56. The van der Waals surface area contributed by atoms with E-state index in [0.29, 0.717) is 17.0 Å². The molecule has 6 heteroatoms. The molecule has 1 amide bonds. The van der Waals surface area contributed by atoms with E-state index in [4.69, 9.17) is 9.15 Å². The smallest absolute Gasteiger partial charge is 0.274 e. The third-order valence-electron chi connectivity index (χ3n) is 3.00. The van der Waals surface area contributed by atoms with E-state index >= 15 is 0 Å². The van der Waals surface area contributed by atoms with E-state index in [0.717, 1.165) is 15.8 Å². The predicted molar refractivity (Wildman–Crippen MR) is 83.8 cm³/mol. The fourth-order valence-electron chi connectivity index (χ4n) is 1.77. The van der Waals surface area contributed by atoms with Crippen LogP contribution in [-0.2, 0) is 0 Å². The zero-order chi connectivity index (χ0) is 15.4. The number of ether oxygens (including phenoxy) is 1. The second-order valence-electron chi connectivity index (χ2n) is 4.38. The first-order chi connectivity index (χ1) is 10.0. The van der Waals surface area contributed by atoms with E-state index in [9.17, 15) is 4.79 Å². The van der Waals surface area contributed by atoms with Crippen LogP contribution < -0.4 is 10.2 Å². The summed E-state index contributed by atoms with van der Waals surface area (Å²) < 4.78 is 11.1. The Balaban J connectivity index is 2.13. The number of rotatable bonds is 4. The number of hydrogen-bond acceptors (Lipinski definition) is 4. The van der Waals surface area contributed by atoms with E-state index in [-0.39, 0.29) is 5.91 Å². The van der Waals surface area contributed by atoms with Crippen LogP contribution in [0.2, 0.25) is 0 Å². The molecule has 0 saturated heterocycles. The molecule has 0 radical (unpaired) electrons. The minimum atomic E-state index is -0.298. The second-order valence-corrected chi connectivity index (χ2v) is 5.23. The van der Waals surface area contributed by atoms with Crippen molar-refractivity contribution in [2.24, 2.45) is 5.10 Å². The third-order valence-corrected chi connectivity index (χ3v) is 3.62. The molecular weight excluding hydrogens is 336 g/mol. The highest BCUT2D eigenvalue weighted by Gasteiger charge is 2.11. The lowest BCUT2D eigenvalue weighted by Gasteiger charge is -2.06. The highest BCUT2D eigenvalue weighted by atomic mass is 79.9. The van der Waals surface area contributed by atoms with Crippen LogP contribution in [0.3, 0.4) is 0 Å². The molecule has 1 aromatic heterocycles. The number of benzene rings is 1. The standard InChI is InChI=1S/C15H15BrN2O3/c1-9(11-4-5-14(20-3)13(16)8-11)17-18-15(19)12-6-7-21-10(12)2/h4-8H,1-3H3,(H,18,19)/b17-9-. The van der Waals surface area contributed by atoms with Gasteiger partial charge in [-0.25, -0.2) is 5.43 Å². The van der Waals surface area contributed by atoms with Gasteiger partial charge in [0.05, 0.1) is 29.1 Å². The van der Waals surface area contributed by atoms with Crippen LogP contribution in [0.25, 0.3) is 0 Å². The zero-order valence-electron chi connectivity index (χ0n) is 11.9. The van der Waals surface area contributed by atoms with Crippen molar-refractivity contribution in [2.45, 2.75) is 13.8 Å². The predicted octanol–water partition coefficient (Wildman–Crippen LogP) is 3.51. The molecule has 0 unspecified atom stereocenters. The molecule has 0 atom stereocenters. The quantitative estimate of drug-likeness (QED) is 0.677. The molecule has 0 saturated carbocycles. The SMILES string of the molecule is COc1ccc(/C(C)=N\NC(=O)c2ccoc2C)cc1Br. The van der Waals surface area contributed by atoms with Crippen LogP contribution in [0.15, 0.2) is 44.5 Å². The van der Waals surface area contributed by atoms with Gasteiger partial charge in [-0.15, -0.1) is 0 Å². The highest BCUT2D eigenvalue weighted by molar-refractivity contribution is 9.10. The van der Waals surface area contributed by atoms with Crippen molar-refractivity contribution in [3.63, 3.8) is 0 Å². The average molecular weight is 351 g/mol. The highest BCUT2D eigenvalue weighted by Crippen LogP contribution is 2.25. The maximum absolute atomic E-state index is 11.9. The molecule has 5 nitrogen and oxygen atoms in total. The van der Waals surface area contributed by atoms with Gasteiger partial charge in [0, 0.05) is 0 Å². The van der Waals surface area contributed by atoms with Crippen LogP contribution in [0.5, 0.6) is 5.75 Å². The number of nitrogens with zero attached hydrogens (tertiary/aromatic N) is 1. The monoisotopic (exact) mass is 350 g/mol. The lowest BCUT2D eigenvalue weighted by molar-refractivity contribution is 0.0953. The molecule has 0 spiro atoms. The van der Waals surface area contributed by atoms with Crippen molar-refractivity contribution in [3.8, 4) is 5.75 Å². The maximum Gasteiger partial charge on any atom is 0.274 e. The minimum absolute atomic E-state index is 0.298. The van der Waals surface area contributed by atoms with Gasteiger partial charge < -0.3 is 9.15 Å². The van der Waals surface area contributed by atoms with Gasteiger partial charge in [-0.05, 0) is 59.6 Å². The first-order valence-electron chi connectivity index (χ1n) is 6.25. The topological polar surface area (TPSA) is 63.8 Å². The van der Waals surface area contributed by atoms with Crippen LogP contribution in [0, 0.1) is 6.92 Å². The Morgan fingerprint density at radius 2 is 2.14 bits per heavy atom.